The molecule has 98 valence electrons. The number of aromatic nitrogens is 1. The fourth-order valence-electron chi connectivity index (χ4n) is 1.53. The molecular formula is C11H17N5O2. The minimum atomic E-state index is -0.602. The summed E-state index contributed by atoms with van der Waals surface area (Å²) in [6.45, 7) is 2.53. The maximum absolute atomic E-state index is 11.4. The Morgan fingerprint density at radius 1 is 1.50 bits per heavy atom. The number of nitrogens with zero attached hydrogens (tertiary/aromatic N) is 2. The summed E-state index contributed by atoms with van der Waals surface area (Å²) in [5.74, 6) is -0.554. The van der Waals surface area contributed by atoms with Gasteiger partial charge in [-0.15, -0.1) is 0 Å². The summed E-state index contributed by atoms with van der Waals surface area (Å²) in [7, 11) is 1.55. The van der Waals surface area contributed by atoms with Crippen molar-refractivity contribution < 1.29 is 9.59 Å². The summed E-state index contributed by atoms with van der Waals surface area (Å²) in [4.78, 5) is 28.4. The molecule has 0 aliphatic carbocycles. The number of primary amides is 1. The molecule has 1 aromatic heterocycles. The van der Waals surface area contributed by atoms with Crippen LogP contribution in [0.2, 0.25) is 0 Å². The molecule has 1 heterocycles. The topological polar surface area (TPSA) is 114 Å². The van der Waals surface area contributed by atoms with Gasteiger partial charge in [0.15, 0.2) is 0 Å². The first-order valence-electron chi connectivity index (χ1n) is 5.50. The van der Waals surface area contributed by atoms with Crippen molar-refractivity contribution in [2.45, 2.75) is 6.92 Å². The second kappa shape index (κ2) is 5.85. The molecule has 18 heavy (non-hydrogen) atoms. The highest BCUT2D eigenvalue weighted by Gasteiger charge is 2.16. The summed E-state index contributed by atoms with van der Waals surface area (Å²) in [5, 5.41) is 2.52. The number of anilines is 2. The number of hydrogen-bond acceptors (Lipinski definition) is 5. The fraction of sp³-hybridized carbons (Fsp3) is 0.364. The van der Waals surface area contributed by atoms with Gasteiger partial charge in [-0.1, -0.05) is 0 Å². The molecule has 0 aliphatic rings. The van der Waals surface area contributed by atoms with Crippen molar-refractivity contribution in [1.82, 2.24) is 10.3 Å². The van der Waals surface area contributed by atoms with Crippen LogP contribution in [0.5, 0.6) is 0 Å². The number of nitrogen functional groups attached to an aromatic ring is 1. The van der Waals surface area contributed by atoms with Gasteiger partial charge in [-0.05, 0) is 13.0 Å². The zero-order valence-corrected chi connectivity index (χ0v) is 10.4. The number of carbonyl (C=O) groups is 2. The third kappa shape index (κ3) is 3.09. The quantitative estimate of drug-likeness (QED) is 0.642. The number of likely N-dealkylation sites (N-methyl/N-ethyl adjacent to an activating group) is 2. The summed E-state index contributed by atoms with van der Waals surface area (Å²) >= 11 is 0. The second-order valence-corrected chi connectivity index (χ2v) is 3.68. The molecular weight excluding hydrogens is 234 g/mol. The maximum Gasteiger partial charge on any atom is 0.251 e. The molecule has 0 bridgehead atoms. The third-order valence-corrected chi connectivity index (χ3v) is 2.51. The largest absolute Gasteiger partial charge is 0.384 e. The van der Waals surface area contributed by atoms with Crippen LogP contribution in [0.1, 0.15) is 17.3 Å². The summed E-state index contributed by atoms with van der Waals surface area (Å²) < 4.78 is 0. The molecule has 2 amide bonds. The SMILES string of the molecule is CCN(CC(=O)NC)c1cnc(N)cc1C(N)=O. The Bertz CT molecular complexity index is 461. The van der Waals surface area contributed by atoms with E-state index in [1.165, 1.54) is 12.3 Å². The van der Waals surface area contributed by atoms with Gasteiger partial charge in [0.1, 0.15) is 5.82 Å². The maximum atomic E-state index is 11.4. The van der Waals surface area contributed by atoms with Gasteiger partial charge in [0, 0.05) is 13.6 Å². The van der Waals surface area contributed by atoms with Crippen LogP contribution in [-0.2, 0) is 4.79 Å². The van der Waals surface area contributed by atoms with Crippen LogP contribution in [-0.4, -0.2) is 36.9 Å². The van der Waals surface area contributed by atoms with E-state index in [0.29, 0.717) is 12.2 Å². The van der Waals surface area contributed by atoms with Gasteiger partial charge in [0.05, 0.1) is 24.0 Å². The first kappa shape index (κ1) is 13.8. The van der Waals surface area contributed by atoms with Crippen LogP contribution in [0.25, 0.3) is 0 Å². The van der Waals surface area contributed by atoms with Crippen molar-refractivity contribution in [2.24, 2.45) is 5.73 Å². The van der Waals surface area contributed by atoms with Gasteiger partial charge in [0.2, 0.25) is 5.91 Å². The molecule has 5 N–H and O–H groups in total. The predicted octanol–water partition coefficient (Wildman–Crippen LogP) is -0.665. The lowest BCUT2D eigenvalue weighted by molar-refractivity contribution is -0.119. The number of rotatable bonds is 5. The Balaban J connectivity index is 3.12. The highest BCUT2D eigenvalue weighted by atomic mass is 16.2. The molecule has 1 aromatic rings. The molecule has 0 radical (unpaired) electrons. The lowest BCUT2D eigenvalue weighted by Crippen LogP contribution is -2.36. The van der Waals surface area contributed by atoms with Crippen LogP contribution in [0.3, 0.4) is 0 Å². The van der Waals surface area contributed by atoms with Gasteiger partial charge in [-0.3, -0.25) is 9.59 Å². The number of nitrogens with two attached hydrogens (primary N) is 2. The predicted molar refractivity (Wildman–Crippen MR) is 69.1 cm³/mol. The van der Waals surface area contributed by atoms with E-state index in [4.69, 9.17) is 11.5 Å². The monoisotopic (exact) mass is 251 g/mol. The average molecular weight is 251 g/mol. The molecule has 0 spiro atoms. The van der Waals surface area contributed by atoms with E-state index in [1.807, 2.05) is 6.92 Å². The fourth-order valence-corrected chi connectivity index (χ4v) is 1.53. The van der Waals surface area contributed by atoms with Crippen LogP contribution in [0.4, 0.5) is 11.5 Å². The minimum Gasteiger partial charge on any atom is -0.384 e. The van der Waals surface area contributed by atoms with Gasteiger partial charge < -0.3 is 21.7 Å². The summed E-state index contributed by atoms with van der Waals surface area (Å²) in [5.41, 5.74) is 11.6. The Morgan fingerprint density at radius 2 is 2.17 bits per heavy atom. The highest BCUT2D eigenvalue weighted by molar-refractivity contribution is 5.99. The van der Waals surface area contributed by atoms with E-state index in [1.54, 1.807) is 11.9 Å². The first-order valence-corrected chi connectivity index (χ1v) is 5.50. The van der Waals surface area contributed by atoms with Crippen molar-refractivity contribution in [3.8, 4) is 0 Å². The third-order valence-electron chi connectivity index (χ3n) is 2.51. The number of amides is 2. The molecule has 0 fully saturated rings. The van der Waals surface area contributed by atoms with Crippen LogP contribution in [0.15, 0.2) is 12.3 Å². The van der Waals surface area contributed by atoms with Crippen molar-refractivity contribution in [2.75, 3.05) is 30.8 Å². The van der Waals surface area contributed by atoms with E-state index in [0.717, 1.165) is 0 Å². The van der Waals surface area contributed by atoms with Crippen molar-refractivity contribution in [3.05, 3.63) is 17.8 Å². The lowest BCUT2D eigenvalue weighted by atomic mass is 10.2. The Labute approximate surface area is 105 Å². The smallest absolute Gasteiger partial charge is 0.251 e. The molecule has 0 aromatic carbocycles. The number of hydrogen-bond donors (Lipinski definition) is 3. The Hall–Kier alpha value is -2.31. The van der Waals surface area contributed by atoms with E-state index < -0.39 is 5.91 Å². The molecule has 0 unspecified atom stereocenters. The molecule has 0 saturated heterocycles. The van der Waals surface area contributed by atoms with Gasteiger partial charge in [-0.2, -0.15) is 0 Å². The second-order valence-electron chi connectivity index (χ2n) is 3.68. The van der Waals surface area contributed by atoms with Crippen LogP contribution < -0.4 is 21.7 Å². The van der Waals surface area contributed by atoms with Gasteiger partial charge in [-0.25, -0.2) is 4.98 Å². The zero-order valence-electron chi connectivity index (χ0n) is 10.4. The van der Waals surface area contributed by atoms with E-state index in [2.05, 4.69) is 10.3 Å². The number of nitrogens with one attached hydrogen (secondary N) is 1. The first-order chi connectivity index (χ1) is 8.49. The Kier molecular flexibility index (Phi) is 4.47. The normalized spacial score (nSPS) is 9.89. The standard InChI is InChI=1S/C11H17N5O2/c1-3-16(6-10(17)14-2)8-5-15-9(12)4-7(8)11(13)18/h4-5H,3,6H2,1-2H3,(H2,12,15)(H2,13,18)(H,14,17). The molecule has 0 saturated carbocycles. The number of carbonyl (C=O) groups excluding carboxylic acids is 2. The van der Waals surface area contributed by atoms with Crippen molar-refractivity contribution in [1.29, 1.82) is 0 Å². The van der Waals surface area contributed by atoms with Crippen molar-refractivity contribution in [3.63, 3.8) is 0 Å². The summed E-state index contributed by atoms with van der Waals surface area (Å²) in [6, 6.07) is 1.41. The minimum absolute atomic E-state index is 0.124. The molecule has 7 heteroatoms. The van der Waals surface area contributed by atoms with E-state index >= 15 is 0 Å². The van der Waals surface area contributed by atoms with Crippen LogP contribution >= 0.6 is 0 Å². The lowest BCUT2D eigenvalue weighted by Gasteiger charge is -2.23. The number of pyridine rings is 1. The van der Waals surface area contributed by atoms with Crippen molar-refractivity contribution >= 4 is 23.3 Å². The molecule has 1 rings (SSSR count). The molecule has 0 atom stereocenters. The van der Waals surface area contributed by atoms with E-state index in [9.17, 15) is 9.59 Å². The van der Waals surface area contributed by atoms with Gasteiger partial charge >= 0.3 is 0 Å². The summed E-state index contributed by atoms with van der Waals surface area (Å²) in [6.07, 6.45) is 1.45. The van der Waals surface area contributed by atoms with Crippen LogP contribution in [0, 0.1) is 0 Å². The Morgan fingerprint density at radius 3 is 2.67 bits per heavy atom. The zero-order chi connectivity index (χ0) is 13.7. The molecule has 0 aliphatic heterocycles. The molecule has 7 nitrogen and oxygen atoms in total. The van der Waals surface area contributed by atoms with Gasteiger partial charge in [0.25, 0.3) is 5.91 Å². The average Bonchev–Trinajstić information content (AvgIpc) is 2.35. The van der Waals surface area contributed by atoms with E-state index in [-0.39, 0.29) is 23.8 Å². The highest BCUT2D eigenvalue weighted by Crippen LogP contribution is 2.20.